The highest BCUT2D eigenvalue weighted by molar-refractivity contribution is 9.10. The van der Waals surface area contributed by atoms with Crippen LogP contribution in [0.4, 0.5) is 13.2 Å². The van der Waals surface area contributed by atoms with Crippen LogP contribution in [0.3, 0.4) is 0 Å². The SMILES string of the molecule is Cc1nn(C(C)c2nnc(-c3cccc(C(F)(F)F)c3)o2)cc1Br. The summed E-state index contributed by atoms with van der Waals surface area (Å²) in [7, 11) is 0. The molecule has 0 aliphatic carbocycles. The smallest absolute Gasteiger partial charge is 0.416 e. The summed E-state index contributed by atoms with van der Waals surface area (Å²) in [5.74, 6) is 0.295. The number of alkyl halides is 3. The summed E-state index contributed by atoms with van der Waals surface area (Å²) >= 11 is 3.37. The summed E-state index contributed by atoms with van der Waals surface area (Å²) in [6, 6.07) is 4.43. The second kappa shape index (κ2) is 6.04. The van der Waals surface area contributed by atoms with Crippen LogP contribution >= 0.6 is 15.9 Å². The van der Waals surface area contributed by atoms with Crippen molar-refractivity contribution in [3.8, 4) is 11.5 Å². The molecule has 0 amide bonds. The number of hydrogen-bond acceptors (Lipinski definition) is 4. The van der Waals surface area contributed by atoms with Gasteiger partial charge in [0.25, 0.3) is 0 Å². The van der Waals surface area contributed by atoms with E-state index in [1.807, 2.05) is 13.8 Å². The van der Waals surface area contributed by atoms with E-state index in [-0.39, 0.29) is 23.4 Å². The van der Waals surface area contributed by atoms with Gasteiger partial charge in [0, 0.05) is 11.8 Å². The van der Waals surface area contributed by atoms with Gasteiger partial charge >= 0.3 is 6.18 Å². The average Bonchev–Trinajstić information content (AvgIpc) is 3.14. The molecule has 0 saturated carbocycles. The third-order valence-electron chi connectivity index (χ3n) is 3.49. The van der Waals surface area contributed by atoms with Crippen LogP contribution in [-0.2, 0) is 6.18 Å². The first-order valence-electron chi connectivity index (χ1n) is 6.98. The Morgan fingerprint density at radius 2 is 2.00 bits per heavy atom. The Morgan fingerprint density at radius 3 is 2.62 bits per heavy atom. The molecule has 0 aliphatic heterocycles. The molecule has 24 heavy (non-hydrogen) atoms. The van der Waals surface area contributed by atoms with Crippen LogP contribution in [0.2, 0.25) is 0 Å². The van der Waals surface area contributed by atoms with E-state index in [0.717, 1.165) is 22.3 Å². The Bertz CT molecular complexity index is 852. The second-order valence-corrected chi connectivity index (χ2v) is 6.10. The molecular weight excluding hydrogens is 389 g/mol. The summed E-state index contributed by atoms with van der Waals surface area (Å²) in [6.07, 6.45) is -2.65. The number of nitrogens with zero attached hydrogens (tertiary/aromatic N) is 4. The minimum Gasteiger partial charge on any atom is -0.418 e. The molecule has 0 fully saturated rings. The number of aromatic nitrogens is 4. The molecular formula is C15H12BrF3N4O. The fourth-order valence-electron chi connectivity index (χ4n) is 2.12. The molecule has 0 aliphatic rings. The predicted octanol–water partition coefficient (Wildman–Crippen LogP) is 4.63. The maximum Gasteiger partial charge on any atom is 0.416 e. The minimum atomic E-state index is -4.43. The van der Waals surface area contributed by atoms with Gasteiger partial charge in [-0.05, 0) is 48.0 Å². The Kier molecular flexibility index (Phi) is 4.20. The van der Waals surface area contributed by atoms with E-state index in [4.69, 9.17) is 4.42 Å². The predicted molar refractivity (Wildman–Crippen MR) is 83.2 cm³/mol. The normalized spacial score (nSPS) is 13.2. The van der Waals surface area contributed by atoms with Crippen molar-refractivity contribution in [2.24, 2.45) is 0 Å². The largest absolute Gasteiger partial charge is 0.418 e. The van der Waals surface area contributed by atoms with E-state index >= 15 is 0 Å². The van der Waals surface area contributed by atoms with Crippen LogP contribution in [0.5, 0.6) is 0 Å². The van der Waals surface area contributed by atoms with Gasteiger partial charge in [0.05, 0.1) is 15.7 Å². The first-order valence-corrected chi connectivity index (χ1v) is 7.77. The lowest BCUT2D eigenvalue weighted by molar-refractivity contribution is -0.137. The van der Waals surface area contributed by atoms with E-state index in [2.05, 4.69) is 31.2 Å². The summed E-state index contributed by atoms with van der Waals surface area (Å²) in [4.78, 5) is 0. The van der Waals surface area contributed by atoms with Gasteiger partial charge in [-0.3, -0.25) is 4.68 Å². The first-order chi connectivity index (χ1) is 11.3. The molecule has 3 aromatic rings. The van der Waals surface area contributed by atoms with Crippen LogP contribution in [-0.4, -0.2) is 20.0 Å². The Balaban J connectivity index is 1.91. The van der Waals surface area contributed by atoms with Crippen LogP contribution < -0.4 is 0 Å². The molecule has 1 aromatic carbocycles. The van der Waals surface area contributed by atoms with Gasteiger partial charge in [-0.25, -0.2) is 0 Å². The van der Waals surface area contributed by atoms with Crippen LogP contribution in [0.25, 0.3) is 11.5 Å². The van der Waals surface area contributed by atoms with Crippen molar-refractivity contribution in [2.45, 2.75) is 26.1 Å². The van der Waals surface area contributed by atoms with Crippen molar-refractivity contribution in [3.05, 3.63) is 52.1 Å². The third kappa shape index (κ3) is 3.21. The Labute approximate surface area is 143 Å². The zero-order valence-electron chi connectivity index (χ0n) is 12.7. The standard InChI is InChI=1S/C15H12BrF3N4O/c1-8-12(16)7-23(22-8)9(2)13-20-21-14(24-13)10-4-3-5-11(6-10)15(17,18)19/h3-7,9H,1-2H3. The lowest BCUT2D eigenvalue weighted by Gasteiger charge is -2.07. The maximum absolute atomic E-state index is 12.8. The molecule has 0 radical (unpaired) electrons. The fraction of sp³-hybridized carbons (Fsp3) is 0.267. The molecule has 5 nitrogen and oxygen atoms in total. The van der Waals surface area contributed by atoms with Crippen LogP contribution in [0.1, 0.15) is 30.1 Å². The number of halogens is 4. The highest BCUT2D eigenvalue weighted by atomic mass is 79.9. The zero-order valence-corrected chi connectivity index (χ0v) is 14.3. The van der Waals surface area contributed by atoms with Crippen LogP contribution in [0.15, 0.2) is 39.4 Å². The van der Waals surface area contributed by atoms with Crippen molar-refractivity contribution in [2.75, 3.05) is 0 Å². The molecule has 1 unspecified atom stereocenters. The molecule has 2 aromatic heterocycles. The molecule has 9 heteroatoms. The molecule has 126 valence electrons. The summed E-state index contributed by atoms with van der Waals surface area (Å²) in [5.41, 5.74) is 0.257. The quantitative estimate of drug-likeness (QED) is 0.642. The lowest BCUT2D eigenvalue weighted by atomic mass is 10.1. The molecule has 2 heterocycles. The summed E-state index contributed by atoms with van der Waals surface area (Å²) < 4.78 is 46.4. The molecule has 0 spiro atoms. The number of hydrogen-bond donors (Lipinski definition) is 0. The molecule has 0 saturated heterocycles. The van der Waals surface area contributed by atoms with Crippen molar-refractivity contribution >= 4 is 15.9 Å². The van der Waals surface area contributed by atoms with E-state index in [1.165, 1.54) is 12.1 Å². The van der Waals surface area contributed by atoms with Gasteiger partial charge in [0.1, 0.15) is 6.04 Å². The molecule has 1 atom stereocenters. The van der Waals surface area contributed by atoms with E-state index in [1.54, 1.807) is 10.9 Å². The van der Waals surface area contributed by atoms with Crippen molar-refractivity contribution in [3.63, 3.8) is 0 Å². The van der Waals surface area contributed by atoms with E-state index in [0.29, 0.717) is 0 Å². The molecule has 3 rings (SSSR count). The van der Waals surface area contributed by atoms with Crippen molar-refractivity contribution < 1.29 is 17.6 Å². The third-order valence-corrected chi connectivity index (χ3v) is 4.27. The van der Waals surface area contributed by atoms with Crippen molar-refractivity contribution in [1.82, 2.24) is 20.0 Å². The first kappa shape index (κ1) is 16.7. The van der Waals surface area contributed by atoms with Gasteiger partial charge in [-0.2, -0.15) is 18.3 Å². The summed E-state index contributed by atoms with van der Waals surface area (Å²) in [5, 5.41) is 12.1. The number of aryl methyl sites for hydroxylation is 1. The second-order valence-electron chi connectivity index (χ2n) is 5.24. The Hall–Kier alpha value is -2.16. The number of benzene rings is 1. The maximum atomic E-state index is 12.8. The van der Waals surface area contributed by atoms with Gasteiger partial charge in [-0.15, -0.1) is 10.2 Å². The monoisotopic (exact) mass is 400 g/mol. The summed E-state index contributed by atoms with van der Waals surface area (Å²) in [6.45, 7) is 3.65. The van der Waals surface area contributed by atoms with Gasteiger partial charge in [0.15, 0.2) is 0 Å². The average molecular weight is 401 g/mol. The van der Waals surface area contributed by atoms with Gasteiger partial charge in [-0.1, -0.05) is 6.07 Å². The van der Waals surface area contributed by atoms with E-state index < -0.39 is 11.7 Å². The zero-order chi connectivity index (χ0) is 17.5. The van der Waals surface area contributed by atoms with Gasteiger partial charge < -0.3 is 4.42 Å². The molecule has 0 bridgehead atoms. The highest BCUT2D eigenvalue weighted by Crippen LogP contribution is 2.32. The fourth-order valence-corrected chi connectivity index (χ4v) is 2.41. The number of rotatable bonds is 3. The van der Waals surface area contributed by atoms with Crippen molar-refractivity contribution in [1.29, 1.82) is 0 Å². The molecule has 0 N–H and O–H groups in total. The topological polar surface area (TPSA) is 56.7 Å². The highest BCUT2D eigenvalue weighted by Gasteiger charge is 2.31. The minimum absolute atomic E-state index is 0.0332. The van der Waals surface area contributed by atoms with Gasteiger partial charge in [0.2, 0.25) is 11.8 Å². The lowest BCUT2D eigenvalue weighted by Crippen LogP contribution is -2.07. The van der Waals surface area contributed by atoms with Crippen LogP contribution in [0, 0.1) is 6.92 Å². The Morgan fingerprint density at radius 1 is 1.25 bits per heavy atom. The van der Waals surface area contributed by atoms with E-state index in [9.17, 15) is 13.2 Å².